The van der Waals surface area contributed by atoms with Gasteiger partial charge in [-0.2, -0.15) is 0 Å². The minimum atomic E-state index is -1.45. The second kappa shape index (κ2) is 8.80. The number of cyclic esters (lactones) is 1. The molecule has 0 aliphatic carbocycles. The lowest BCUT2D eigenvalue weighted by Gasteiger charge is -2.16. The van der Waals surface area contributed by atoms with Crippen molar-refractivity contribution >= 4 is 39.5 Å². The van der Waals surface area contributed by atoms with E-state index in [1.54, 1.807) is 12.1 Å². The Kier molecular flexibility index (Phi) is 6.74. The van der Waals surface area contributed by atoms with Crippen LogP contribution in [0.3, 0.4) is 0 Å². The van der Waals surface area contributed by atoms with E-state index in [1.165, 1.54) is 26.2 Å². The van der Waals surface area contributed by atoms with Crippen molar-refractivity contribution in [3.63, 3.8) is 0 Å². The maximum atomic E-state index is 12.2. The summed E-state index contributed by atoms with van der Waals surface area (Å²) in [5, 5.41) is 0. The van der Waals surface area contributed by atoms with Crippen LogP contribution >= 0.6 is 15.9 Å². The predicted molar refractivity (Wildman–Crippen MR) is 98.9 cm³/mol. The summed E-state index contributed by atoms with van der Waals surface area (Å²) < 4.78 is 16.5. The zero-order valence-corrected chi connectivity index (χ0v) is 16.3. The maximum Gasteiger partial charge on any atom is 0.329 e. The largest absolute Gasteiger partial charge is 0.493 e. The first-order chi connectivity index (χ1) is 12.4. The molecule has 0 saturated heterocycles. The molecule has 0 amide bonds. The molecule has 0 spiro atoms. The van der Waals surface area contributed by atoms with Crippen molar-refractivity contribution in [3.05, 3.63) is 40.1 Å². The molecule has 2 rings (SSSR count). The molecule has 0 bridgehead atoms. The molecule has 1 aliphatic heterocycles. The fourth-order valence-corrected chi connectivity index (χ4v) is 2.93. The number of esters is 1. The second-order valence-corrected chi connectivity index (χ2v) is 6.48. The van der Waals surface area contributed by atoms with Crippen molar-refractivity contribution in [2.24, 2.45) is 5.92 Å². The van der Waals surface area contributed by atoms with E-state index in [1.807, 2.05) is 6.92 Å². The Balaban J connectivity index is 2.22. The third-order valence-electron chi connectivity index (χ3n) is 3.55. The lowest BCUT2D eigenvalue weighted by Crippen LogP contribution is -2.34. The van der Waals surface area contributed by atoms with Gasteiger partial charge in [-0.3, -0.25) is 14.4 Å². The molecular weight excluding hydrogens is 404 g/mol. The first kappa shape index (κ1) is 19.9. The molecule has 6 nitrogen and oxygen atoms in total. The summed E-state index contributed by atoms with van der Waals surface area (Å²) in [5.41, 5.74) is 0.647. The van der Waals surface area contributed by atoms with Gasteiger partial charge in [0.2, 0.25) is 0 Å². The SMILES string of the molecule is CCCOc1c(Br)cc(/C=C/C(=O)C2C(=O)C=C(C)OC2=O)cc1OC. The molecule has 1 heterocycles. The summed E-state index contributed by atoms with van der Waals surface area (Å²) >= 11 is 3.42. The highest BCUT2D eigenvalue weighted by atomic mass is 79.9. The highest BCUT2D eigenvalue weighted by Crippen LogP contribution is 2.37. The van der Waals surface area contributed by atoms with Crippen molar-refractivity contribution in [3.8, 4) is 11.5 Å². The Labute approximate surface area is 159 Å². The summed E-state index contributed by atoms with van der Waals surface area (Å²) in [6.45, 7) is 4.02. The number of rotatable bonds is 7. The Morgan fingerprint density at radius 1 is 1.35 bits per heavy atom. The number of carbonyl (C=O) groups excluding carboxylic acids is 3. The Morgan fingerprint density at radius 2 is 2.08 bits per heavy atom. The minimum absolute atomic E-state index is 0.185. The fraction of sp³-hybridized carbons (Fsp3) is 0.316. The van der Waals surface area contributed by atoms with E-state index in [4.69, 9.17) is 14.2 Å². The van der Waals surface area contributed by atoms with E-state index in [0.717, 1.165) is 12.5 Å². The smallest absolute Gasteiger partial charge is 0.329 e. The molecule has 1 unspecified atom stereocenters. The summed E-state index contributed by atoms with van der Waals surface area (Å²) in [6.07, 6.45) is 4.69. The van der Waals surface area contributed by atoms with Gasteiger partial charge >= 0.3 is 5.97 Å². The maximum absolute atomic E-state index is 12.2. The third-order valence-corrected chi connectivity index (χ3v) is 4.14. The number of carbonyl (C=O) groups is 3. The first-order valence-corrected chi connectivity index (χ1v) is 8.82. The van der Waals surface area contributed by atoms with Crippen LogP contribution in [0.25, 0.3) is 6.08 Å². The average molecular weight is 423 g/mol. The summed E-state index contributed by atoms with van der Waals surface area (Å²) in [6, 6.07) is 3.45. The number of halogens is 1. The lowest BCUT2D eigenvalue weighted by molar-refractivity contribution is -0.151. The van der Waals surface area contributed by atoms with Crippen LogP contribution in [0.4, 0.5) is 0 Å². The molecule has 26 heavy (non-hydrogen) atoms. The van der Waals surface area contributed by atoms with E-state index in [-0.39, 0.29) is 5.76 Å². The van der Waals surface area contributed by atoms with Crippen LogP contribution in [-0.4, -0.2) is 31.3 Å². The summed E-state index contributed by atoms with van der Waals surface area (Å²) in [4.78, 5) is 35.9. The van der Waals surface area contributed by atoms with Gasteiger partial charge in [0.25, 0.3) is 0 Å². The molecule has 7 heteroatoms. The van der Waals surface area contributed by atoms with Crippen LogP contribution in [0.5, 0.6) is 11.5 Å². The van der Waals surface area contributed by atoms with Gasteiger partial charge in [-0.25, -0.2) is 0 Å². The van der Waals surface area contributed by atoms with Crippen molar-refractivity contribution in [2.75, 3.05) is 13.7 Å². The Bertz CT molecular complexity index is 793. The van der Waals surface area contributed by atoms with Gasteiger partial charge in [-0.1, -0.05) is 13.0 Å². The number of ketones is 2. The van der Waals surface area contributed by atoms with Gasteiger partial charge in [-0.15, -0.1) is 0 Å². The van der Waals surface area contributed by atoms with E-state index in [0.29, 0.717) is 28.1 Å². The van der Waals surface area contributed by atoms with Crippen LogP contribution in [-0.2, 0) is 19.1 Å². The van der Waals surface area contributed by atoms with Crippen LogP contribution < -0.4 is 9.47 Å². The number of ether oxygens (including phenoxy) is 3. The van der Waals surface area contributed by atoms with Crippen molar-refractivity contribution in [1.82, 2.24) is 0 Å². The van der Waals surface area contributed by atoms with E-state index in [9.17, 15) is 14.4 Å². The normalized spacial score (nSPS) is 17.1. The summed E-state index contributed by atoms with van der Waals surface area (Å²) in [5.74, 6) is -2.25. The molecule has 0 fully saturated rings. The topological polar surface area (TPSA) is 78.9 Å². The standard InChI is InChI=1S/C19H19BrO6/c1-4-7-25-18-13(20)9-12(10-16(18)24-3)5-6-14(21)17-15(22)8-11(2)26-19(17)23/h5-6,8-10,17H,4,7H2,1-3H3/b6-5+. The molecule has 1 aromatic rings. The van der Waals surface area contributed by atoms with Gasteiger partial charge < -0.3 is 14.2 Å². The zero-order chi connectivity index (χ0) is 19.3. The molecular formula is C19H19BrO6. The predicted octanol–water partition coefficient (Wildman–Crippen LogP) is 3.47. The molecule has 0 saturated carbocycles. The third kappa shape index (κ3) is 4.60. The molecule has 1 aliphatic rings. The molecule has 1 atom stereocenters. The Morgan fingerprint density at radius 3 is 2.69 bits per heavy atom. The second-order valence-electron chi connectivity index (χ2n) is 5.63. The number of hydrogen-bond donors (Lipinski definition) is 0. The van der Waals surface area contributed by atoms with Crippen molar-refractivity contribution in [2.45, 2.75) is 20.3 Å². The monoisotopic (exact) mass is 422 g/mol. The number of benzene rings is 1. The van der Waals surface area contributed by atoms with Crippen LogP contribution in [0.1, 0.15) is 25.8 Å². The van der Waals surface area contributed by atoms with Crippen LogP contribution in [0.2, 0.25) is 0 Å². The van der Waals surface area contributed by atoms with Gasteiger partial charge in [0.15, 0.2) is 29.0 Å². The minimum Gasteiger partial charge on any atom is -0.493 e. The number of hydrogen-bond acceptors (Lipinski definition) is 6. The molecule has 0 aromatic heterocycles. The van der Waals surface area contributed by atoms with Gasteiger partial charge in [0, 0.05) is 6.08 Å². The number of allylic oxidation sites excluding steroid dienone is 3. The quantitative estimate of drug-likeness (QED) is 0.380. The van der Waals surface area contributed by atoms with Crippen molar-refractivity contribution in [1.29, 1.82) is 0 Å². The van der Waals surface area contributed by atoms with Gasteiger partial charge in [0.1, 0.15) is 5.76 Å². The molecule has 138 valence electrons. The van der Waals surface area contributed by atoms with Gasteiger partial charge in [0.05, 0.1) is 18.2 Å². The van der Waals surface area contributed by atoms with Crippen LogP contribution in [0, 0.1) is 5.92 Å². The fourth-order valence-electron chi connectivity index (χ4n) is 2.36. The van der Waals surface area contributed by atoms with Crippen LogP contribution in [0.15, 0.2) is 34.5 Å². The van der Waals surface area contributed by atoms with Crippen molar-refractivity contribution < 1.29 is 28.6 Å². The molecule has 0 N–H and O–H groups in total. The van der Waals surface area contributed by atoms with E-state index < -0.39 is 23.5 Å². The number of methoxy groups -OCH3 is 1. The molecule has 0 radical (unpaired) electrons. The zero-order valence-electron chi connectivity index (χ0n) is 14.7. The first-order valence-electron chi connectivity index (χ1n) is 8.03. The van der Waals surface area contributed by atoms with E-state index >= 15 is 0 Å². The van der Waals surface area contributed by atoms with Gasteiger partial charge in [-0.05, 0) is 53.0 Å². The van der Waals surface area contributed by atoms with E-state index in [2.05, 4.69) is 15.9 Å². The highest BCUT2D eigenvalue weighted by Gasteiger charge is 2.36. The molecule has 1 aromatic carbocycles. The summed E-state index contributed by atoms with van der Waals surface area (Å²) in [7, 11) is 1.52. The average Bonchev–Trinajstić information content (AvgIpc) is 2.57. The highest BCUT2D eigenvalue weighted by molar-refractivity contribution is 9.10. The Hall–Kier alpha value is -2.41. The lowest BCUT2D eigenvalue weighted by atomic mass is 9.96.